The van der Waals surface area contributed by atoms with Crippen LogP contribution in [0.1, 0.15) is 30.6 Å². The number of carbonyl (C=O) groups is 1. The first-order valence-electron chi connectivity index (χ1n) is 7.23. The van der Waals surface area contributed by atoms with Crippen molar-refractivity contribution in [1.29, 1.82) is 0 Å². The van der Waals surface area contributed by atoms with Crippen LogP contribution in [0.3, 0.4) is 0 Å². The molecule has 0 saturated carbocycles. The van der Waals surface area contributed by atoms with Crippen LogP contribution in [0.5, 0.6) is 17.2 Å². The summed E-state index contributed by atoms with van der Waals surface area (Å²) in [5.74, 6) is 1.18. The van der Waals surface area contributed by atoms with Gasteiger partial charge in [-0.1, -0.05) is 0 Å². The topological polar surface area (TPSA) is 66.0 Å². The standard InChI is InChI=1S/C16H25NO5/c1-11(2)22-8-6-7-17-16(18)12-9-13(19-3)15(21-5)14(10-12)20-4/h9-11H,6-8H2,1-5H3,(H,17,18). The number of methoxy groups -OCH3 is 3. The van der Waals surface area contributed by atoms with Gasteiger partial charge in [0.25, 0.3) is 5.91 Å². The molecule has 0 heterocycles. The molecule has 0 aliphatic rings. The lowest BCUT2D eigenvalue weighted by Gasteiger charge is -2.14. The predicted molar refractivity (Wildman–Crippen MR) is 84.1 cm³/mol. The van der Waals surface area contributed by atoms with E-state index in [1.165, 1.54) is 21.3 Å². The number of benzene rings is 1. The first-order chi connectivity index (χ1) is 10.5. The molecule has 1 N–H and O–H groups in total. The molecule has 0 fully saturated rings. The van der Waals surface area contributed by atoms with Crippen LogP contribution >= 0.6 is 0 Å². The summed E-state index contributed by atoms with van der Waals surface area (Å²) in [4.78, 5) is 12.2. The average Bonchev–Trinajstić information content (AvgIpc) is 2.52. The van der Waals surface area contributed by atoms with Gasteiger partial charge in [-0.2, -0.15) is 0 Å². The summed E-state index contributed by atoms with van der Waals surface area (Å²) in [6.45, 7) is 5.12. The fourth-order valence-corrected chi connectivity index (χ4v) is 1.91. The summed E-state index contributed by atoms with van der Waals surface area (Å²) in [5, 5.41) is 2.84. The molecule has 0 aliphatic carbocycles. The van der Waals surface area contributed by atoms with Gasteiger partial charge in [-0.05, 0) is 32.4 Å². The molecule has 1 aromatic rings. The van der Waals surface area contributed by atoms with Crippen molar-refractivity contribution in [2.45, 2.75) is 26.4 Å². The quantitative estimate of drug-likeness (QED) is 0.709. The van der Waals surface area contributed by atoms with Crippen molar-refractivity contribution in [3.63, 3.8) is 0 Å². The Kier molecular flexibility index (Phi) is 7.52. The molecular formula is C16H25NO5. The molecular weight excluding hydrogens is 286 g/mol. The maximum absolute atomic E-state index is 12.2. The molecule has 0 unspecified atom stereocenters. The van der Waals surface area contributed by atoms with Gasteiger partial charge >= 0.3 is 0 Å². The lowest BCUT2D eigenvalue weighted by Crippen LogP contribution is -2.25. The van der Waals surface area contributed by atoms with Crippen molar-refractivity contribution in [1.82, 2.24) is 5.32 Å². The van der Waals surface area contributed by atoms with Crippen LogP contribution in [-0.2, 0) is 4.74 Å². The molecule has 0 atom stereocenters. The zero-order valence-electron chi connectivity index (χ0n) is 13.9. The van der Waals surface area contributed by atoms with Gasteiger partial charge in [0.1, 0.15) is 0 Å². The van der Waals surface area contributed by atoms with Crippen LogP contribution in [0.15, 0.2) is 12.1 Å². The van der Waals surface area contributed by atoms with E-state index in [0.29, 0.717) is 36.0 Å². The Balaban J connectivity index is 2.69. The maximum atomic E-state index is 12.2. The zero-order valence-corrected chi connectivity index (χ0v) is 13.9. The van der Waals surface area contributed by atoms with Gasteiger partial charge in [0, 0.05) is 18.7 Å². The monoisotopic (exact) mass is 311 g/mol. The van der Waals surface area contributed by atoms with E-state index in [-0.39, 0.29) is 12.0 Å². The molecule has 1 rings (SSSR count). The second-order valence-electron chi connectivity index (χ2n) is 4.94. The number of hydrogen-bond donors (Lipinski definition) is 1. The average molecular weight is 311 g/mol. The Hall–Kier alpha value is -1.95. The first kappa shape index (κ1) is 18.1. The van der Waals surface area contributed by atoms with Crippen molar-refractivity contribution < 1.29 is 23.7 Å². The summed E-state index contributed by atoms with van der Waals surface area (Å²) in [7, 11) is 4.55. The Morgan fingerprint density at radius 3 is 2.14 bits per heavy atom. The Morgan fingerprint density at radius 1 is 1.09 bits per heavy atom. The molecule has 124 valence electrons. The minimum absolute atomic E-state index is 0.191. The molecule has 6 heteroatoms. The van der Waals surface area contributed by atoms with Gasteiger partial charge in [-0.25, -0.2) is 0 Å². The molecule has 0 aliphatic heterocycles. The van der Waals surface area contributed by atoms with Gasteiger partial charge in [-0.3, -0.25) is 4.79 Å². The summed E-state index contributed by atoms with van der Waals surface area (Å²) < 4.78 is 21.1. The second kappa shape index (κ2) is 9.15. The summed E-state index contributed by atoms with van der Waals surface area (Å²) >= 11 is 0. The van der Waals surface area contributed by atoms with E-state index in [9.17, 15) is 4.79 Å². The molecule has 0 bridgehead atoms. The van der Waals surface area contributed by atoms with E-state index >= 15 is 0 Å². The van der Waals surface area contributed by atoms with Gasteiger partial charge in [0.05, 0.1) is 27.4 Å². The summed E-state index contributed by atoms with van der Waals surface area (Å²) in [5.41, 5.74) is 0.458. The van der Waals surface area contributed by atoms with Crippen LogP contribution in [0.25, 0.3) is 0 Å². The van der Waals surface area contributed by atoms with Crippen LogP contribution in [0.4, 0.5) is 0 Å². The number of amides is 1. The first-order valence-corrected chi connectivity index (χ1v) is 7.23. The molecule has 0 radical (unpaired) electrons. The van der Waals surface area contributed by atoms with Gasteiger partial charge in [0.15, 0.2) is 11.5 Å². The number of ether oxygens (including phenoxy) is 4. The molecule has 22 heavy (non-hydrogen) atoms. The van der Waals surface area contributed by atoms with Crippen LogP contribution < -0.4 is 19.5 Å². The minimum Gasteiger partial charge on any atom is -0.493 e. The highest BCUT2D eigenvalue weighted by molar-refractivity contribution is 5.95. The fraction of sp³-hybridized carbons (Fsp3) is 0.562. The highest BCUT2D eigenvalue weighted by Gasteiger charge is 2.16. The third-order valence-electron chi connectivity index (χ3n) is 2.98. The molecule has 0 aromatic heterocycles. The van der Waals surface area contributed by atoms with Crippen LogP contribution in [0, 0.1) is 0 Å². The van der Waals surface area contributed by atoms with Crippen LogP contribution in [0.2, 0.25) is 0 Å². The third kappa shape index (κ3) is 5.11. The molecule has 1 amide bonds. The van der Waals surface area contributed by atoms with E-state index in [0.717, 1.165) is 6.42 Å². The van der Waals surface area contributed by atoms with E-state index in [1.54, 1.807) is 12.1 Å². The normalized spacial score (nSPS) is 10.5. The van der Waals surface area contributed by atoms with E-state index in [2.05, 4.69) is 5.32 Å². The van der Waals surface area contributed by atoms with Crippen molar-refractivity contribution in [2.75, 3.05) is 34.5 Å². The highest BCUT2D eigenvalue weighted by atomic mass is 16.5. The summed E-state index contributed by atoms with van der Waals surface area (Å²) in [6, 6.07) is 3.25. The Bertz CT molecular complexity index is 462. The van der Waals surface area contributed by atoms with Crippen LogP contribution in [-0.4, -0.2) is 46.5 Å². The number of carbonyl (C=O) groups excluding carboxylic acids is 1. The molecule has 6 nitrogen and oxygen atoms in total. The third-order valence-corrected chi connectivity index (χ3v) is 2.98. The largest absolute Gasteiger partial charge is 0.493 e. The van der Waals surface area contributed by atoms with Crippen molar-refractivity contribution >= 4 is 5.91 Å². The smallest absolute Gasteiger partial charge is 0.251 e. The van der Waals surface area contributed by atoms with Gasteiger partial charge < -0.3 is 24.3 Å². The number of hydrogen-bond acceptors (Lipinski definition) is 5. The Labute approximate surface area is 131 Å². The van der Waals surface area contributed by atoms with Gasteiger partial charge in [-0.15, -0.1) is 0 Å². The highest BCUT2D eigenvalue weighted by Crippen LogP contribution is 2.38. The zero-order chi connectivity index (χ0) is 16.5. The minimum atomic E-state index is -0.191. The van der Waals surface area contributed by atoms with Crippen molar-refractivity contribution in [3.8, 4) is 17.2 Å². The number of rotatable bonds is 9. The van der Waals surface area contributed by atoms with E-state index in [4.69, 9.17) is 18.9 Å². The maximum Gasteiger partial charge on any atom is 0.251 e. The summed E-state index contributed by atoms with van der Waals surface area (Å²) in [6.07, 6.45) is 0.958. The fourth-order valence-electron chi connectivity index (χ4n) is 1.91. The van der Waals surface area contributed by atoms with Crippen molar-refractivity contribution in [3.05, 3.63) is 17.7 Å². The Morgan fingerprint density at radius 2 is 1.68 bits per heavy atom. The SMILES string of the molecule is COc1cc(C(=O)NCCCOC(C)C)cc(OC)c1OC. The van der Waals surface area contributed by atoms with Gasteiger partial charge in [0.2, 0.25) is 5.75 Å². The lowest BCUT2D eigenvalue weighted by atomic mass is 10.1. The van der Waals surface area contributed by atoms with E-state index < -0.39 is 0 Å². The van der Waals surface area contributed by atoms with E-state index in [1.807, 2.05) is 13.8 Å². The number of nitrogens with one attached hydrogen (secondary N) is 1. The van der Waals surface area contributed by atoms with Crippen molar-refractivity contribution in [2.24, 2.45) is 0 Å². The molecule has 1 aromatic carbocycles. The molecule has 0 spiro atoms. The second-order valence-corrected chi connectivity index (χ2v) is 4.94. The lowest BCUT2D eigenvalue weighted by molar-refractivity contribution is 0.0757. The predicted octanol–water partition coefficient (Wildman–Crippen LogP) is 2.26. The molecule has 0 saturated heterocycles.